The maximum Gasteiger partial charge on any atom is 0.312 e. The van der Waals surface area contributed by atoms with Crippen LogP contribution in [0.4, 0.5) is 0 Å². The van der Waals surface area contributed by atoms with E-state index in [-0.39, 0.29) is 43.0 Å². The number of nitrogens with zero attached hydrogens (tertiary/aromatic N) is 6. The van der Waals surface area contributed by atoms with Crippen molar-refractivity contribution in [3.05, 3.63) is 70.2 Å². The van der Waals surface area contributed by atoms with Gasteiger partial charge in [-0.3, -0.25) is 9.78 Å². The van der Waals surface area contributed by atoms with Gasteiger partial charge in [-0.2, -0.15) is 4.31 Å². The summed E-state index contributed by atoms with van der Waals surface area (Å²) >= 11 is 0. The van der Waals surface area contributed by atoms with Gasteiger partial charge in [0.15, 0.2) is 5.60 Å². The maximum absolute atomic E-state index is 14.1. The number of carbonyl (C=O) groups is 1. The second-order valence-electron chi connectivity index (χ2n) is 13.4. The Morgan fingerprint density at radius 2 is 1.89 bits per heavy atom. The van der Waals surface area contributed by atoms with Crippen LogP contribution in [0.25, 0.3) is 11.0 Å². The Kier molecular flexibility index (Phi) is 7.22. The quantitative estimate of drug-likeness (QED) is 0.269. The number of aromatic nitrogens is 5. The molecule has 1 aromatic carbocycles. The Bertz CT molecular complexity index is 1980. The van der Waals surface area contributed by atoms with E-state index in [2.05, 4.69) is 15.3 Å². The smallest absolute Gasteiger partial charge is 0.312 e. The van der Waals surface area contributed by atoms with Gasteiger partial charge in [0.05, 0.1) is 43.8 Å². The summed E-state index contributed by atoms with van der Waals surface area (Å²) in [5.41, 5.74) is 4.61. The molecule has 1 unspecified atom stereocenters. The van der Waals surface area contributed by atoms with Crippen LogP contribution in [-0.2, 0) is 30.8 Å². The van der Waals surface area contributed by atoms with Crippen molar-refractivity contribution in [1.29, 1.82) is 0 Å². The molecular formula is C33H38N6O6S. The number of esters is 1. The minimum atomic E-state index is -3.99. The van der Waals surface area contributed by atoms with Gasteiger partial charge in [-0.25, -0.2) is 18.1 Å². The first-order valence-electron chi connectivity index (χ1n) is 15.5. The first-order chi connectivity index (χ1) is 21.8. The molecule has 1 atom stereocenters. The van der Waals surface area contributed by atoms with Crippen molar-refractivity contribution in [2.24, 2.45) is 5.41 Å². The summed E-state index contributed by atoms with van der Waals surface area (Å²) in [5, 5.41) is 8.97. The van der Waals surface area contributed by atoms with Gasteiger partial charge in [0.25, 0.3) is 0 Å². The number of ether oxygens (including phenoxy) is 3. The molecule has 2 fully saturated rings. The molecule has 0 N–H and O–H groups in total. The van der Waals surface area contributed by atoms with Crippen molar-refractivity contribution in [1.82, 2.24) is 29.3 Å². The number of rotatable bonds is 7. The summed E-state index contributed by atoms with van der Waals surface area (Å²) in [5.74, 6) is -0.769. The lowest BCUT2D eigenvalue weighted by atomic mass is 9.70. The zero-order valence-corrected chi connectivity index (χ0v) is 27.7. The fraction of sp³-hybridized carbons (Fsp3) is 0.485. The standard InChI is InChI=1S/C33H38N6O6S/c1-19-11-27-30(35-13-19)45-33(17-44-18-33)16-38(46(27,41)42)15-23-12-22(14-34-21(23)3)28(32(4,5)31(40)43-6)25-9-10-26-29(20(25)2)36-37-39(26)24-7-8-24/h9-14,24,28H,7-8,15-18H2,1-6H3. The Balaban J connectivity index is 1.33. The molecule has 3 aliphatic rings. The number of sulfonamides is 1. The molecule has 242 valence electrons. The average molecular weight is 647 g/mol. The van der Waals surface area contributed by atoms with Gasteiger partial charge >= 0.3 is 5.97 Å². The summed E-state index contributed by atoms with van der Waals surface area (Å²) in [6, 6.07) is 7.99. The number of pyridine rings is 2. The fourth-order valence-electron chi connectivity index (χ4n) is 6.72. The van der Waals surface area contributed by atoms with E-state index >= 15 is 0 Å². The van der Waals surface area contributed by atoms with Crippen molar-refractivity contribution in [3.63, 3.8) is 0 Å². The van der Waals surface area contributed by atoms with Crippen molar-refractivity contribution < 1.29 is 27.4 Å². The summed E-state index contributed by atoms with van der Waals surface area (Å²) in [6.07, 6.45) is 5.54. The number of aryl methyl sites for hydroxylation is 3. The van der Waals surface area contributed by atoms with E-state index in [1.165, 1.54) is 11.4 Å². The first-order valence-corrected chi connectivity index (χ1v) is 16.9. The van der Waals surface area contributed by atoms with E-state index in [0.29, 0.717) is 22.9 Å². The predicted octanol–water partition coefficient (Wildman–Crippen LogP) is 4.16. The first kappa shape index (κ1) is 30.7. The third-order valence-corrected chi connectivity index (χ3v) is 11.3. The number of fused-ring (bicyclic) bond motifs is 2. The molecule has 7 rings (SSSR count). The summed E-state index contributed by atoms with van der Waals surface area (Å²) in [4.78, 5) is 22.5. The highest BCUT2D eigenvalue weighted by Gasteiger charge is 2.50. The molecule has 13 heteroatoms. The highest BCUT2D eigenvalue weighted by molar-refractivity contribution is 7.89. The molecule has 1 aliphatic carbocycles. The molecule has 3 aromatic heterocycles. The van der Waals surface area contributed by atoms with Gasteiger partial charge in [-0.15, -0.1) is 5.10 Å². The summed E-state index contributed by atoms with van der Waals surface area (Å²) in [7, 11) is -2.61. The van der Waals surface area contributed by atoms with Crippen molar-refractivity contribution in [2.45, 2.75) is 76.5 Å². The maximum atomic E-state index is 14.1. The van der Waals surface area contributed by atoms with Gasteiger partial charge in [-0.05, 0) is 87.4 Å². The van der Waals surface area contributed by atoms with E-state index in [4.69, 9.17) is 19.2 Å². The van der Waals surface area contributed by atoms with Gasteiger partial charge in [0.2, 0.25) is 15.9 Å². The predicted molar refractivity (Wildman–Crippen MR) is 168 cm³/mol. The van der Waals surface area contributed by atoms with E-state index in [1.807, 2.05) is 50.6 Å². The van der Waals surface area contributed by atoms with Gasteiger partial charge in [0, 0.05) is 30.6 Å². The second-order valence-corrected chi connectivity index (χ2v) is 15.3. The van der Waals surface area contributed by atoms with Crippen LogP contribution in [0.3, 0.4) is 0 Å². The molecule has 1 spiro atoms. The minimum absolute atomic E-state index is 0.0333. The molecule has 5 heterocycles. The van der Waals surface area contributed by atoms with Crippen molar-refractivity contribution >= 4 is 27.0 Å². The molecule has 0 amide bonds. The molecule has 1 saturated heterocycles. The van der Waals surface area contributed by atoms with Crippen LogP contribution in [0.5, 0.6) is 5.88 Å². The number of benzene rings is 1. The Hall–Kier alpha value is -3.94. The highest BCUT2D eigenvalue weighted by Crippen LogP contribution is 2.45. The normalized spacial score (nSPS) is 19.6. The molecule has 0 radical (unpaired) electrons. The van der Waals surface area contributed by atoms with E-state index in [1.54, 1.807) is 25.4 Å². The van der Waals surface area contributed by atoms with Crippen molar-refractivity contribution in [3.8, 4) is 5.88 Å². The van der Waals surface area contributed by atoms with Crippen LogP contribution >= 0.6 is 0 Å². The molecule has 12 nitrogen and oxygen atoms in total. The average Bonchev–Trinajstić information content (AvgIpc) is 3.77. The van der Waals surface area contributed by atoms with Crippen LogP contribution in [0, 0.1) is 26.2 Å². The van der Waals surface area contributed by atoms with Crippen molar-refractivity contribution in [2.75, 3.05) is 26.9 Å². The molecule has 46 heavy (non-hydrogen) atoms. The number of methoxy groups -OCH3 is 1. The van der Waals surface area contributed by atoms with Crippen LogP contribution in [-0.4, -0.2) is 76.1 Å². The lowest BCUT2D eigenvalue weighted by molar-refractivity contribution is -0.166. The van der Waals surface area contributed by atoms with Gasteiger partial charge in [0.1, 0.15) is 10.4 Å². The topological polar surface area (TPSA) is 139 Å². The van der Waals surface area contributed by atoms with Crippen LogP contribution < -0.4 is 4.74 Å². The monoisotopic (exact) mass is 646 g/mol. The zero-order chi connectivity index (χ0) is 32.6. The minimum Gasteiger partial charge on any atom is -0.469 e. The summed E-state index contributed by atoms with van der Waals surface area (Å²) in [6.45, 7) is 10.0. The Morgan fingerprint density at radius 1 is 1.13 bits per heavy atom. The molecular weight excluding hydrogens is 608 g/mol. The second kappa shape index (κ2) is 10.8. The Morgan fingerprint density at radius 3 is 2.57 bits per heavy atom. The fourth-order valence-corrected chi connectivity index (χ4v) is 8.36. The Labute approximate surface area is 268 Å². The number of carbonyl (C=O) groups excluding carboxylic acids is 1. The van der Waals surface area contributed by atoms with Gasteiger partial charge in [-0.1, -0.05) is 17.3 Å². The SMILES string of the molecule is COC(=O)C(C)(C)C(c1cnc(C)c(CN2CC3(COC3)Oc3ncc(C)cc3S2(=O)=O)c1)c1ccc2c(nnn2C2CC2)c1C. The van der Waals surface area contributed by atoms with E-state index in [0.717, 1.165) is 40.6 Å². The molecule has 1 saturated carbocycles. The number of hydrogen-bond acceptors (Lipinski definition) is 10. The van der Waals surface area contributed by atoms with Gasteiger partial charge < -0.3 is 14.2 Å². The third kappa shape index (κ3) is 4.96. The van der Waals surface area contributed by atoms with E-state index < -0.39 is 27.0 Å². The number of hydrogen-bond donors (Lipinski definition) is 0. The van der Waals surface area contributed by atoms with Crippen LogP contribution in [0.1, 0.15) is 72.2 Å². The zero-order valence-electron chi connectivity index (χ0n) is 26.9. The highest BCUT2D eigenvalue weighted by atomic mass is 32.2. The van der Waals surface area contributed by atoms with E-state index in [9.17, 15) is 13.2 Å². The lowest BCUT2D eigenvalue weighted by Crippen LogP contribution is -2.60. The van der Waals surface area contributed by atoms with Crippen LogP contribution in [0.2, 0.25) is 0 Å². The lowest BCUT2D eigenvalue weighted by Gasteiger charge is -2.41. The summed E-state index contributed by atoms with van der Waals surface area (Å²) < 4.78 is 48.7. The molecule has 2 aliphatic heterocycles. The third-order valence-electron chi connectivity index (χ3n) is 9.55. The molecule has 4 aromatic rings. The largest absolute Gasteiger partial charge is 0.469 e. The van der Waals surface area contributed by atoms with Crippen LogP contribution in [0.15, 0.2) is 41.6 Å². The molecule has 0 bridgehead atoms.